The summed E-state index contributed by atoms with van der Waals surface area (Å²) >= 11 is 21.1. The summed E-state index contributed by atoms with van der Waals surface area (Å²) in [7, 11) is 1.61. The highest BCUT2D eigenvalue weighted by Crippen LogP contribution is 2.34. The van der Waals surface area contributed by atoms with Gasteiger partial charge in [0.05, 0.1) is 73.1 Å². The Bertz CT molecular complexity index is 2680. The molecule has 1 saturated heterocycles. The molecule has 4 aromatic heterocycles. The predicted octanol–water partition coefficient (Wildman–Crippen LogP) is 9.78. The maximum absolute atomic E-state index is 13.6. The normalized spacial score (nSPS) is 12.4. The van der Waals surface area contributed by atoms with E-state index < -0.39 is 0 Å². The summed E-state index contributed by atoms with van der Waals surface area (Å²) in [5.74, 6) is 1.97. The molecule has 0 atom stereocenters. The fraction of sp³-hybridized carbons (Fsp3) is 0.227. The minimum absolute atomic E-state index is 0.215. The summed E-state index contributed by atoms with van der Waals surface area (Å²) in [5, 5.41) is 14.6. The van der Waals surface area contributed by atoms with Gasteiger partial charge in [0, 0.05) is 32.2 Å². The number of para-hydroxylation sites is 2. The molecule has 0 spiro atoms. The number of aryl methyl sites for hydroxylation is 2. The number of anilines is 7. The lowest BCUT2D eigenvalue weighted by Gasteiger charge is -2.26. The Hall–Kier alpha value is -5.99. The average Bonchev–Trinajstić information content (AvgIpc) is 3.98. The molecule has 0 aliphatic carbocycles. The minimum Gasteiger partial charge on any atom is -0.497 e. The molecule has 4 N–H and O–H groups in total. The number of rotatable bonds is 15. The zero-order chi connectivity index (χ0) is 45.7. The van der Waals surface area contributed by atoms with Crippen LogP contribution in [0.3, 0.4) is 0 Å². The lowest BCUT2D eigenvalue weighted by molar-refractivity contribution is 0.0398. The van der Waals surface area contributed by atoms with Gasteiger partial charge in [-0.2, -0.15) is 0 Å². The standard InChI is InChI=1S/C23H19Cl2N5O2S.C21H24ClN7O2S/c1-14-4-3-5-17(24)21(14)30(12-15-6-8-16(32-2)9-7-15)22(31)18-11-26-23(33-18)29-20-10-19(25)27-13-28-20;1-14-3-2-4-15(22)19(14)28-20(30)16-11-25-21(32-16)27-18-13-23-12-17(26-18)24-5-6-29-7-9-31-10-8-29/h3-11,13H,12H2,1-2H3,(H,26,27,28,29);2-4,11-13H,5-10H2,1H3,(H,28,30)(H2,24,25,26,27). The molecule has 0 radical (unpaired) electrons. The number of methoxy groups -OCH3 is 1. The molecule has 1 aliphatic rings. The number of nitrogens with zero attached hydrogens (tertiary/aromatic N) is 8. The molecule has 65 heavy (non-hydrogen) atoms. The van der Waals surface area contributed by atoms with Gasteiger partial charge < -0.3 is 35.6 Å². The number of nitrogens with one attached hydrogen (secondary N) is 4. The van der Waals surface area contributed by atoms with Gasteiger partial charge in [-0.05, 0) is 54.8 Å². The Morgan fingerprint density at radius 3 is 2.18 bits per heavy atom. The first kappa shape index (κ1) is 47.0. The number of hydrogen-bond acceptors (Lipinski definition) is 16. The van der Waals surface area contributed by atoms with Gasteiger partial charge in [-0.15, -0.1) is 0 Å². The number of benzene rings is 3. The number of morpholine rings is 1. The van der Waals surface area contributed by atoms with Crippen molar-refractivity contribution in [1.82, 2.24) is 34.8 Å². The van der Waals surface area contributed by atoms with Crippen LogP contribution in [0.15, 0.2) is 97.8 Å². The molecule has 0 unspecified atom stereocenters. The Morgan fingerprint density at radius 2 is 1.48 bits per heavy atom. The second-order valence-corrected chi connectivity index (χ2v) is 17.5. The number of carbonyl (C=O) groups excluding carboxylic acids is 2. The Kier molecular flexibility index (Phi) is 16.5. The van der Waals surface area contributed by atoms with E-state index in [4.69, 9.17) is 44.3 Å². The molecule has 8 rings (SSSR count). The van der Waals surface area contributed by atoms with Crippen molar-refractivity contribution in [1.29, 1.82) is 0 Å². The number of ether oxygens (including phenoxy) is 2. The summed E-state index contributed by atoms with van der Waals surface area (Å²) in [4.78, 5) is 56.5. The topological polar surface area (TPSA) is 185 Å². The molecule has 1 aliphatic heterocycles. The lowest BCUT2D eigenvalue weighted by atomic mass is 10.1. The molecule has 1 fully saturated rings. The molecule has 2 amide bonds. The molecule has 3 aromatic carbocycles. The van der Waals surface area contributed by atoms with E-state index >= 15 is 0 Å². The van der Waals surface area contributed by atoms with Crippen LogP contribution >= 0.6 is 57.5 Å². The zero-order valence-electron chi connectivity index (χ0n) is 35.3. The molecule has 0 saturated carbocycles. The first-order chi connectivity index (χ1) is 31.5. The maximum atomic E-state index is 13.6. The van der Waals surface area contributed by atoms with Crippen LogP contribution in [0.2, 0.25) is 15.2 Å². The van der Waals surface area contributed by atoms with Crippen LogP contribution in [0.1, 0.15) is 36.0 Å². The van der Waals surface area contributed by atoms with Crippen LogP contribution in [0.25, 0.3) is 0 Å². The van der Waals surface area contributed by atoms with E-state index in [9.17, 15) is 9.59 Å². The third kappa shape index (κ3) is 13.1. The number of amides is 2. The van der Waals surface area contributed by atoms with Crippen LogP contribution in [-0.2, 0) is 11.3 Å². The van der Waals surface area contributed by atoms with E-state index in [0.717, 1.165) is 61.8 Å². The summed E-state index contributed by atoms with van der Waals surface area (Å²) in [6.45, 7) is 9.29. The average molecular weight is 974 g/mol. The molecule has 16 nitrogen and oxygen atoms in total. The van der Waals surface area contributed by atoms with Gasteiger partial charge in [-0.25, -0.2) is 24.9 Å². The van der Waals surface area contributed by atoms with Crippen LogP contribution in [0.5, 0.6) is 5.75 Å². The van der Waals surface area contributed by atoms with Gasteiger partial charge in [0.1, 0.15) is 38.6 Å². The first-order valence-electron chi connectivity index (χ1n) is 20.1. The van der Waals surface area contributed by atoms with Crippen molar-refractivity contribution in [3.05, 3.63) is 139 Å². The van der Waals surface area contributed by atoms with E-state index in [-0.39, 0.29) is 11.8 Å². The van der Waals surface area contributed by atoms with Crippen LogP contribution < -0.4 is 30.9 Å². The van der Waals surface area contributed by atoms with Gasteiger partial charge in [0.15, 0.2) is 16.1 Å². The van der Waals surface area contributed by atoms with E-state index in [1.807, 2.05) is 62.4 Å². The highest BCUT2D eigenvalue weighted by molar-refractivity contribution is 7.18. The second-order valence-electron chi connectivity index (χ2n) is 14.2. The molecular weight excluding hydrogens is 931 g/mol. The molecule has 7 aromatic rings. The Morgan fingerprint density at radius 1 is 0.800 bits per heavy atom. The zero-order valence-corrected chi connectivity index (χ0v) is 39.2. The molecule has 21 heteroatoms. The number of hydrogen-bond donors (Lipinski definition) is 4. The first-order valence-corrected chi connectivity index (χ1v) is 22.8. The highest BCUT2D eigenvalue weighted by Gasteiger charge is 2.25. The van der Waals surface area contributed by atoms with Crippen LogP contribution in [-0.4, -0.2) is 93.1 Å². The van der Waals surface area contributed by atoms with Crippen molar-refractivity contribution in [2.75, 3.05) is 72.7 Å². The van der Waals surface area contributed by atoms with Crippen molar-refractivity contribution in [2.24, 2.45) is 0 Å². The van der Waals surface area contributed by atoms with Gasteiger partial charge in [-0.1, -0.05) is 93.9 Å². The van der Waals surface area contributed by atoms with E-state index in [0.29, 0.717) is 70.6 Å². The van der Waals surface area contributed by atoms with E-state index in [1.165, 1.54) is 41.4 Å². The monoisotopic (exact) mass is 972 g/mol. The van der Waals surface area contributed by atoms with Crippen molar-refractivity contribution in [3.63, 3.8) is 0 Å². The number of halogens is 3. The fourth-order valence-electron chi connectivity index (χ4n) is 6.40. The van der Waals surface area contributed by atoms with Crippen molar-refractivity contribution in [2.45, 2.75) is 20.4 Å². The SMILES string of the molecule is COc1ccc(CN(C(=O)c2cnc(Nc3cc(Cl)ncn3)s2)c2c(C)cccc2Cl)cc1.Cc1cccc(Cl)c1NC(=O)c1cnc(Nc2cncc(NCCN3CCOCC3)n2)s1. The van der Waals surface area contributed by atoms with Gasteiger partial charge in [0.2, 0.25) is 0 Å². The summed E-state index contributed by atoms with van der Waals surface area (Å²) in [5.41, 5.74) is 3.97. The lowest BCUT2D eigenvalue weighted by Crippen LogP contribution is -2.39. The summed E-state index contributed by atoms with van der Waals surface area (Å²) in [6.07, 6.45) is 7.69. The minimum atomic E-state index is -0.267. The number of aromatic nitrogens is 6. The van der Waals surface area contributed by atoms with Gasteiger partial charge >= 0.3 is 0 Å². The smallest absolute Gasteiger partial charge is 0.270 e. The summed E-state index contributed by atoms with van der Waals surface area (Å²) < 4.78 is 10.6. The molecule has 0 bridgehead atoms. The van der Waals surface area contributed by atoms with Crippen molar-refractivity contribution < 1.29 is 19.1 Å². The largest absolute Gasteiger partial charge is 0.497 e. The second kappa shape index (κ2) is 22.8. The Balaban J connectivity index is 0.000000194. The van der Waals surface area contributed by atoms with Crippen molar-refractivity contribution in [3.8, 4) is 5.75 Å². The fourth-order valence-corrected chi connectivity index (χ4v) is 8.63. The number of thiazole rings is 2. The molecule has 336 valence electrons. The van der Waals surface area contributed by atoms with Crippen molar-refractivity contribution >= 4 is 108 Å². The third-order valence-electron chi connectivity index (χ3n) is 9.69. The predicted molar refractivity (Wildman–Crippen MR) is 259 cm³/mol. The maximum Gasteiger partial charge on any atom is 0.270 e. The van der Waals surface area contributed by atoms with E-state index in [2.05, 4.69) is 56.1 Å². The molecular formula is C44H43Cl3N12O4S2. The van der Waals surface area contributed by atoms with Gasteiger partial charge in [-0.3, -0.25) is 19.5 Å². The molecule has 5 heterocycles. The highest BCUT2D eigenvalue weighted by atomic mass is 35.5. The summed E-state index contributed by atoms with van der Waals surface area (Å²) in [6, 6.07) is 20.2. The number of carbonyl (C=O) groups is 2. The van der Waals surface area contributed by atoms with Crippen LogP contribution in [0.4, 0.5) is 39.1 Å². The van der Waals surface area contributed by atoms with E-state index in [1.54, 1.807) is 42.6 Å². The quantitative estimate of drug-likeness (QED) is 0.0712. The van der Waals surface area contributed by atoms with Crippen LogP contribution in [0, 0.1) is 13.8 Å². The van der Waals surface area contributed by atoms with Gasteiger partial charge in [0.25, 0.3) is 11.8 Å². The third-order valence-corrected chi connectivity index (χ3v) is 12.3. The Labute approximate surface area is 398 Å².